The number of para-hydroxylation sites is 1. The lowest BCUT2D eigenvalue weighted by atomic mass is 9.96. The van der Waals surface area contributed by atoms with Crippen molar-refractivity contribution in [2.75, 3.05) is 6.61 Å². The van der Waals surface area contributed by atoms with Crippen molar-refractivity contribution >= 4 is 22.4 Å². The van der Waals surface area contributed by atoms with Gasteiger partial charge in [0.25, 0.3) is 5.79 Å². The van der Waals surface area contributed by atoms with Crippen LogP contribution in [0.2, 0.25) is 0 Å². The normalized spacial score (nSPS) is 29.4. The molecule has 1 fully saturated rings. The SMILES string of the molecule is CCc1ccc(Cn2cnc3cccc(O[C@]4(O)C(O)O[C@H](CO)[C@@H](O)[C@@H]4O)c32)s1. The summed E-state index contributed by atoms with van der Waals surface area (Å²) < 4.78 is 12.5. The van der Waals surface area contributed by atoms with Gasteiger partial charge in [-0.1, -0.05) is 13.0 Å². The molecule has 0 bridgehead atoms. The Labute approximate surface area is 176 Å². The summed E-state index contributed by atoms with van der Waals surface area (Å²) in [5.74, 6) is -2.50. The van der Waals surface area contributed by atoms with E-state index in [2.05, 4.69) is 18.0 Å². The predicted molar refractivity (Wildman–Crippen MR) is 108 cm³/mol. The van der Waals surface area contributed by atoms with E-state index in [1.54, 1.807) is 35.9 Å². The van der Waals surface area contributed by atoms with Crippen LogP contribution in [0.1, 0.15) is 16.7 Å². The molecule has 1 aliphatic heterocycles. The van der Waals surface area contributed by atoms with Crippen molar-refractivity contribution in [1.82, 2.24) is 9.55 Å². The Balaban J connectivity index is 1.68. The molecular weight excluding hydrogens is 412 g/mol. The van der Waals surface area contributed by atoms with Crippen LogP contribution < -0.4 is 4.74 Å². The summed E-state index contributed by atoms with van der Waals surface area (Å²) >= 11 is 1.69. The largest absolute Gasteiger partial charge is 0.452 e. The van der Waals surface area contributed by atoms with Crippen molar-refractivity contribution in [3.63, 3.8) is 0 Å². The number of aryl methyl sites for hydroxylation is 1. The molecule has 1 aromatic carbocycles. The monoisotopic (exact) mass is 436 g/mol. The molecule has 2 aromatic heterocycles. The lowest BCUT2D eigenvalue weighted by Crippen LogP contribution is -2.69. The van der Waals surface area contributed by atoms with E-state index >= 15 is 0 Å². The number of fused-ring (bicyclic) bond motifs is 1. The fourth-order valence-electron chi connectivity index (χ4n) is 3.54. The van der Waals surface area contributed by atoms with Gasteiger partial charge >= 0.3 is 0 Å². The molecule has 4 rings (SSSR count). The van der Waals surface area contributed by atoms with Crippen molar-refractivity contribution < 1.29 is 35.0 Å². The molecule has 0 amide bonds. The highest BCUT2D eigenvalue weighted by Crippen LogP contribution is 2.35. The van der Waals surface area contributed by atoms with Gasteiger partial charge in [-0.2, -0.15) is 0 Å². The van der Waals surface area contributed by atoms with Gasteiger partial charge in [0, 0.05) is 9.75 Å². The third kappa shape index (κ3) is 3.60. The van der Waals surface area contributed by atoms with E-state index < -0.39 is 37.0 Å². The maximum atomic E-state index is 10.8. The molecule has 30 heavy (non-hydrogen) atoms. The zero-order chi connectivity index (χ0) is 21.5. The van der Waals surface area contributed by atoms with Gasteiger partial charge in [0.2, 0.25) is 6.29 Å². The summed E-state index contributed by atoms with van der Waals surface area (Å²) in [7, 11) is 0. The molecule has 3 heterocycles. The van der Waals surface area contributed by atoms with Gasteiger partial charge in [-0.05, 0) is 30.7 Å². The van der Waals surface area contributed by atoms with Gasteiger partial charge in [0.05, 0.1) is 25.0 Å². The molecule has 1 unspecified atom stereocenters. The van der Waals surface area contributed by atoms with E-state index in [1.807, 2.05) is 10.6 Å². The van der Waals surface area contributed by atoms with Crippen molar-refractivity contribution in [2.45, 2.75) is 50.3 Å². The number of hydrogen-bond donors (Lipinski definition) is 5. The second-order valence-electron chi connectivity index (χ2n) is 7.22. The van der Waals surface area contributed by atoms with E-state index in [-0.39, 0.29) is 5.75 Å². The average molecular weight is 436 g/mol. The van der Waals surface area contributed by atoms with Gasteiger partial charge in [0.1, 0.15) is 23.5 Å². The Morgan fingerprint density at radius 3 is 2.67 bits per heavy atom. The molecular formula is C20H24N2O7S. The van der Waals surface area contributed by atoms with Crippen molar-refractivity contribution in [3.8, 4) is 5.75 Å². The fraction of sp³-hybridized carbons (Fsp3) is 0.450. The number of ether oxygens (including phenoxy) is 2. The van der Waals surface area contributed by atoms with Crippen LogP contribution in [0, 0.1) is 0 Å². The maximum Gasteiger partial charge on any atom is 0.288 e. The third-order valence-corrected chi connectivity index (χ3v) is 6.45. The van der Waals surface area contributed by atoms with Crippen LogP contribution in [-0.4, -0.2) is 72.1 Å². The molecule has 0 radical (unpaired) electrons. The molecule has 0 saturated carbocycles. The summed E-state index contributed by atoms with van der Waals surface area (Å²) in [4.78, 5) is 6.74. The first-order valence-corrected chi connectivity index (χ1v) is 10.4. The molecule has 1 saturated heterocycles. The Bertz CT molecular complexity index is 1020. The standard InChI is InChI=1S/C20H24N2O7S/c1-2-11-6-7-12(30-11)8-22-10-21-13-4-3-5-14(16(13)22)29-20(27)18(25)17(24)15(9-23)28-19(20)26/h3-7,10,15,17-19,23-27H,2,8-9H2,1H3/t15-,17-,18+,19?,20+/m1/s1. The highest BCUT2D eigenvalue weighted by molar-refractivity contribution is 7.11. The van der Waals surface area contributed by atoms with Gasteiger partial charge in [-0.3, -0.25) is 0 Å². The maximum absolute atomic E-state index is 10.8. The summed E-state index contributed by atoms with van der Waals surface area (Å²) in [6.07, 6.45) is -4.24. The summed E-state index contributed by atoms with van der Waals surface area (Å²) in [6.45, 7) is 1.97. The first-order chi connectivity index (χ1) is 14.4. The van der Waals surface area contributed by atoms with Crippen molar-refractivity contribution in [3.05, 3.63) is 46.4 Å². The van der Waals surface area contributed by atoms with Gasteiger partial charge in [0.15, 0.2) is 6.10 Å². The molecule has 162 valence electrons. The summed E-state index contributed by atoms with van der Waals surface area (Å²) in [5, 5.41) is 50.8. The number of imidazole rings is 1. The number of hydrogen-bond acceptors (Lipinski definition) is 9. The van der Waals surface area contributed by atoms with Crippen LogP contribution in [0.5, 0.6) is 5.75 Å². The van der Waals surface area contributed by atoms with Crippen LogP contribution in [0.4, 0.5) is 0 Å². The number of thiophene rings is 1. The molecule has 10 heteroatoms. The van der Waals surface area contributed by atoms with Crippen LogP contribution in [0.15, 0.2) is 36.7 Å². The highest BCUT2D eigenvalue weighted by Gasteiger charge is 2.57. The van der Waals surface area contributed by atoms with Crippen molar-refractivity contribution in [1.29, 1.82) is 0 Å². The predicted octanol–water partition coefficient (Wildman–Crippen LogP) is 0.207. The molecule has 0 spiro atoms. The Morgan fingerprint density at radius 2 is 1.97 bits per heavy atom. The highest BCUT2D eigenvalue weighted by atomic mass is 32.1. The Hall–Kier alpha value is -2.05. The van der Waals surface area contributed by atoms with Crippen molar-refractivity contribution in [2.24, 2.45) is 0 Å². The number of rotatable bonds is 6. The molecule has 9 nitrogen and oxygen atoms in total. The second kappa shape index (κ2) is 8.23. The molecule has 1 aliphatic rings. The van der Waals surface area contributed by atoms with Crippen LogP contribution in [-0.2, 0) is 17.7 Å². The fourth-order valence-corrected chi connectivity index (χ4v) is 4.49. The van der Waals surface area contributed by atoms with Gasteiger partial charge in [-0.15, -0.1) is 11.3 Å². The quantitative estimate of drug-likeness (QED) is 0.346. The van der Waals surface area contributed by atoms with E-state index in [0.717, 1.165) is 11.3 Å². The second-order valence-corrected chi connectivity index (χ2v) is 8.47. The van der Waals surface area contributed by atoms with Gasteiger partial charge < -0.3 is 39.6 Å². The van der Waals surface area contributed by atoms with Crippen LogP contribution >= 0.6 is 11.3 Å². The van der Waals surface area contributed by atoms with E-state index in [1.165, 1.54) is 4.88 Å². The van der Waals surface area contributed by atoms with Crippen LogP contribution in [0.25, 0.3) is 11.0 Å². The lowest BCUT2D eigenvalue weighted by molar-refractivity contribution is -0.385. The Kier molecular flexibility index (Phi) is 5.82. The molecule has 3 aromatic rings. The number of nitrogens with zero attached hydrogens (tertiary/aromatic N) is 2. The van der Waals surface area contributed by atoms with E-state index in [4.69, 9.17) is 9.47 Å². The lowest BCUT2D eigenvalue weighted by Gasteiger charge is -2.45. The zero-order valence-corrected chi connectivity index (χ0v) is 17.1. The topological polar surface area (TPSA) is 137 Å². The molecule has 5 atom stereocenters. The summed E-state index contributed by atoms with van der Waals surface area (Å²) in [5.41, 5.74) is 1.15. The minimum absolute atomic E-state index is 0.149. The summed E-state index contributed by atoms with van der Waals surface area (Å²) in [6, 6.07) is 9.11. The minimum Gasteiger partial charge on any atom is -0.452 e. The number of aromatic nitrogens is 2. The Morgan fingerprint density at radius 1 is 1.20 bits per heavy atom. The minimum atomic E-state index is -2.65. The third-order valence-electron chi connectivity index (χ3n) is 5.23. The first-order valence-electron chi connectivity index (χ1n) is 9.60. The van der Waals surface area contributed by atoms with Gasteiger partial charge in [-0.25, -0.2) is 4.98 Å². The smallest absolute Gasteiger partial charge is 0.288 e. The first kappa shape index (κ1) is 21.2. The van der Waals surface area contributed by atoms with Crippen LogP contribution in [0.3, 0.4) is 0 Å². The average Bonchev–Trinajstić information content (AvgIpc) is 3.37. The number of benzene rings is 1. The number of aliphatic hydroxyl groups excluding tert-OH is 4. The zero-order valence-electron chi connectivity index (χ0n) is 16.3. The number of aliphatic hydroxyl groups is 5. The molecule has 0 aliphatic carbocycles. The molecule has 5 N–H and O–H groups in total. The van der Waals surface area contributed by atoms with E-state index in [0.29, 0.717) is 17.6 Å². The van der Waals surface area contributed by atoms with E-state index in [9.17, 15) is 25.5 Å².